The van der Waals surface area contributed by atoms with Crippen molar-refractivity contribution in [1.29, 1.82) is 0 Å². The van der Waals surface area contributed by atoms with Gasteiger partial charge in [-0.1, -0.05) is 98.0 Å². The Morgan fingerprint density at radius 3 is 2.29 bits per heavy atom. The first-order valence-corrected chi connectivity index (χ1v) is 24.2. The minimum absolute atomic E-state index is 0.0379. The fraction of sp³-hybridized carbons (Fsp3) is 0.300. The van der Waals surface area contributed by atoms with Crippen LogP contribution in [0, 0.1) is 5.92 Å². The molecular weight excluding hydrogens is 797 g/mol. The van der Waals surface area contributed by atoms with E-state index in [1.807, 2.05) is 115 Å². The standard InChI is InChI=1S/C50H54N4O7Si/c1-33-48(62(4,5)40-22-19-38(59-2)20-23-40)45(29-47(57)53(25-26-55)31-34-11-7-6-8-12-34)61-50(33)42-28-39(60-3)21-24-44(42)54(49(50)58)32-35-15-17-37(18-16-35)52-46(56)27-36-30-51-43-14-10-9-13-41(36)43/h6-24,28,30,33,45,48,51,55H,25-27,29,31-32H2,1-5H3,(H,52,56)/t33-,45+,48-,50+/m1/s1. The quantitative estimate of drug-likeness (QED) is 0.0910. The molecule has 4 atom stereocenters. The third-order valence-corrected chi connectivity index (χ3v) is 17.3. The van der Waals surface area contributed by atoms with Crippen LogP contribution in [0.3, 0.4) is 0 Å². The maximum Gasteiger partial charge on any atom is 0.264 e. The number of amides is 3. The van der Waals surface area contributed by atoms with Crippen LogP contribution in [0.15, 0.2) is 128 Å². The van der Waals surface area contributed by atoms with Crippen LogP contribution in [0.2, 0.25) is 18.6 Å². The molecule has 1 spiro atoms. The highest BCUT2D eigenvalue weighted by Gasteiger charge is 2.66. The third-order valence-electron chi connectivity index (χ3n) is 13.0. The Kier molecular flexibility index (Phi) is 12.1. The van der Waals surface area contributed by atoms with Gasteiger partial charge >= 0.3 is 0 Å². The average Bonchev–Trinajstić information content (AvgIpc) is 3.90. The summed E-state index contributed by atoms with van der Waals surface area (Å²) in [4.78, 5) is 49.7. The van der Waals surface area contributed by atoms with Gasteiger partial charge in [0.2, 0.25) is 11.8 Å². The number of H-pyrrole nitrogens is 1. The average molecular weight is 851 g/mol. The Bertz CT molecular complexity index is 2560. The SMILES string of the molecule is COc1ccc([Si](C)(C)[C@H]2[C@H](CC(=O)N(CCO)Cc3ccccc3)O[C@@]3(C(=O)N(Cc4ccc(NC(=O)Cc5c[nH]c6ccccc56)cc4)c4ccc(OC)cc43)[C@@H]2C)cc1. The van der Waals surface area contributed by atoms with Crippen molar-refractivity contribution < 1.29 is 33.7 Å². The molecule has 11 nitrogen and oxygen atoms in total. The van der Waals surface area contributed by atoms with Gasteiger partial charge in [-0.3, -0.25) is 14.4 Å². The molecule has 2 aliphatic heterocycles. The number of fused-ring (bicyclic) bond motifs is 3. The molecule has 0 aliphatic carbocycles. The zero-order chi connectivity index (χ0) is 43.6. The van der Waals surface area contributed by atoms with Gasteiger partial charge in [0.25, 0.3) is 5.91 Å². The minimum atomic E-state index is -2.56. The predicted octanol–water partition coefficient (Wildman–Crippen LogP) is 7.54. The molecule has 0 unspecified atom stereocenters. The summed E-state index contributed by atoms with van der Waals surface area (Å²) in [6.45, 7) is 7.27. The number of rotatable bonds is 15. The molecule has 0 saturated carbocycles. The number of ether oxygens (including phenoxy) is 3. The first-order valence-electron chi connectivity index (χ1n) is 21.2. The van der Waals surface area contributed by atoms with E-state index in [-0.39, 0.29) is 61.7 Å². The van der Waals surface area contributed by atoms with Gasteiger partial charge in [-0.15, -0.1) is 0 Å². The number of nitrogens with zero attached hydrogens (tertiary/aromatic N) is 2. The van der Waals surface area contributed by atoms with Crippen LogP contribution in [0.1, 0.15) is 35.6 Å². The number of aromatic nitrogens is 1. The van der Waals surface area contributed by atoms with Crippen LogP contribution in [0.5, 0.6) is 11.5 Å². The van der Waals surface area contributed by atoms with Crippen molar-refractivity contribution in [1.82, 2.24) is 9.88 Å². The van der Waals surface area contributed by atoms with Crippen LogP contribution in [0.25, 0.3) is 10.9 Å². The summed E-state index contributed by atoms with van der Waals surface area (Å²) in [7, 11) is 0.693. The molecule has 0 bridgehead atoms. The highest BCUT2D eigenvalue weighted by molar-refractivity contribution is 6.91. The Labute approximate surface area is 363 Å². The molecule has 1 aromatic heterocycles. The van der Waals surface area contributed by atoms with Gasteiger partial charge in [-0.05, 0) is 70.8 Å². The van der Waals surface area contributed by atoms with E-state index in [1.54, 1.807) is 24.0 Å². The lowest BCUT2D eigenvalue weighted by Crippen LogP contribution is -2.52. The van der Waals surface area contributed by atoms with Crippen LogP contribution in [-0.2, 0) is 44.2 Å². The number of hydrogen-bond donors (Lipinski definition) is 3. The molecule has 5 aromatic carbocycles. The number of hydrogen-bond acceptors (Lipinski definition) is 7. The Balaban J connectivity index is 1.10. The number of aliphatic hydroxyl groups excluding tert-OH is 1. The van der Waals surface area contributed by atoms with E-state index in [0.29, 0.717) is 23.5 Å². The van der Waals surface area contributed by atoms with E-state index < -0.39 is 19.8 Å². The van der Waals surface area contributed by atoms with Crippen molar-refractivity contribution in [3.05, 3.63) is 150 Å². The lowest BCUT2D eigenvalue weighted by Gasteiger charge is -2.37. The molecule has 62 heavy (non-hydrogen) atoms. The number of aliphatic hydroxyl groups is 1. The lowest BCUT2D eigenvalue weighted by molar-refractivity contribution is -0.150. The summed E-state index contributed by atoms with van der Waals surface area (Å²) in [6, 6.07) is 39.0. The van der Waals surface area contributed by atoms with E-state index in [0.717, 1.165) is 44.2 Å². The van der Waals surface area contributed by atoms with Crippen molar-refractivity contribution in [3.63, 3.8) is 0 Å². The van der Waals surface area contributed by atoms with Gasteiger partial charge < -0.3 is 39.4 Å². The zero-order valence-corrected chi connectivity index (χ0v) is 36.9. The summed E-state index contributed by atoms with van der Waals surface area (Å²) in [5.41, 5.74) is 4.25. The molecule has 1 fully saturated rings. The number of carbonyl (C=O) groups excluding carboxylic acids is 3. The van der Waals surface area contributed by atoms with E-state index in [2.05, 4.69) is 42.5 Å². The highest BCUT2D eigenvalue weighted by Crippen LogP contribution is 2.60. The van der Waals surface area contributed by atoms with Gasteiger partial charge in [0, 0.05) is 47.4 Å². The molecule has 320 valence electrons. The monoisotopic (exact) mass is 850 g/mol. The fourth-order valence-corrected chi connectivity index (χ4v) is 13.8. The summed E-state index contributed by atoms with van der Waals surface area (Å²) >= 11 is 0. The van der Waals surface area contributed by atoms with Crippen LogP contribution < -0.4 is 24.9 Å². The van der Waals surface area contributed by atoms with Crippen molar-refractivity contribution in [2.45, 2.75) is 63.2 Å². The van der Waals surface area contributed by atoms with Crippen LogP contribution in [-0.4, -0.2) is 74.3 Å². The minimum Gasteiger partial charge on any atom is -0.497 e. The molecule has 2 aliphatic rings. The number of methoxy groups -OCH3 is 2. The van der Waals surface area contributed by atoms with Gasteiger partial charge in [-0.2, -0.15) is 0 Å². The summed E-state index contributed by atoms with van der Waals surface area (Å²) < 4.78 is 18.5. The number of nitrogens with one attached hydrogen (secondary N) is 2. The van der Waals surface area contributed by atoms with Crippen molar-refractivity contribution >= 4 is 53.3 Å². The van der Waals surface area contributed by atoms with Crippen molar-refractivity contribution in [2.24, 2.45) is 5.92 Å². The molecule has 8 rings (SSSR count). The van der Waals surface area contributed by atoms with E-state index in [4.69, 9.17) is 14.2 Å². The Morgan fingerprint density at radius 2 is 1.58 bits per heavy atom. The number of carbonyl (C=O) groups is 3. The second kappa shape index (κ2) is 17.6. The van der Waals surface area contributed by atoms with E-state index in [1.165, 1.54) is 0 Å². The second-order valence-corrected chi connectivity index (χ2v) is 21.6. The largest absolute Gasteiger partial charge is 0.497 e. The molecule has 12 heteroatoms. The second-order valence-electron chi connectivity index (χ2n) is 16.9. The number of anilines is 2. The van der Waals surface area contributed by atoms with Crippen LogP contribution >= 0.6 is 0 Å². The highest BCUT2D eigenvalue weighted by atomic mass is 28.3. The fourth-order valence-electron chi connectivity index (χ4n) is 9.83. The summed E-state index contributed by atoms with van der Waals surface area (Å²) in [6.07, 6.45) is 1.52. The zero-order valence-electron chi connectivity index (χ0n) is 35.9. The molecule has 3 amide bonds. The first-order chi connectivity index (χ1) is 30.0. The van der Waals surface area contributed by atoms with Crippen molar-refractivity contribution in [3.8, 4) is 11.5 Å². The van der Waals surface area contributed by atoms with Gasteiger partial charge in [0.15, 0.2) is 5.60 Å². The maximum atomic E-state index is 15.4. The van der Waals surface area contributed by atoms with E-state index >= 15 is 4.79 Å². The smallest absolute Gasteiger partial charge is 0.264 e. The van der Waals surface area contributed by atoms with Gasteiger partial charge in [-0.25, -0.2) is 0 Å². The molecular formula is C50H54N4O7Si. The number of para-hydroxylation sites is 1. The molecule has 3 N–H and O–H groups in total. The first kappa shape index (κ1) is 42.5. The van der Waals surface area contributed by atoms with Gasteiger partial charge in [0.05, 0.1) is 60.1 Å². The van der Waals surface area contributed by atoms with E-state index in [9.17, 15) is 14.7 Å². The molecule has 6 aromatic rings. The Hall–Kier alpha value is -6.21. The van der Waals surface area contributed by atoms with Crippen LogP contribution in [0.4, 0.5) is 11.4 Å². The van der Waals surface area contributed by atoms with Gasteiger partial charge in [0.1, 0.15) is 11.5 Å². The maximum absolute atomic E-state index is 15.4. The Morgan fingerprint density at radius 1 is 0.887 bits per heavy atom. The molecule has 1 saturated heterocycles. The topological polar surface area (TPSA) is 133 Å². The normalized spacial score (nSPS) is 19.5. The number of benzene rings is 5. The third kappa shape index (κ3) is 8.01. The molecule has 3 heterocycles. The summed E-state index contributed by atoms with van der Waals surface area (Å²) in [5.74, 6) is 0.534. The number of aromatic amines is 1. The molecule has 0 radical (unpaired) electrons. The lowest BCUT2D eigenvalue weighted by atomic mass is 9.82. The predicted molar refractivity (Wildman–Crippen MR) is 244 cm³/mol. The summed E-state index contributed by atoms with van der Waals surface area (Å²) in [5, 5.41) is 15.3. The van der Waals surface area contributed by atoms with Crippen molar-refractivity contribution in [2.75, 3.05) is 37.6 Å².